The van der Waals surface area contributed by atoms with Crippen molar-refractivity contribution >= 4 is 35.2 Å². The van der Waals surface area contributed by atoms with E-state index in [0.717, 1.165) is 11.1 Å². The fourth-order valence-electron chi connectivity index (χ4n) is 3.12. The normalized spacial score (nSPS) is 14.2. The number of hydrogen-bond donors (Lipinski definition) is 0. The molecule has 1 aliphatic rings. The third-order valence-electron chi connectivity index (χ3n) is 4.87. The lowest BCUT2D eigenvalue weighted by Gasteiger charge is -2.11. The fourth-order valence-corrected chi connectivity index (χ4v) is 3.31. The van der Waals surface area contributed by atoms with Crippen LogP contribution in [0, 0.1) is 17.0 Å². The first-order valence-electron chi connectivity index (χ1n) is 9.65. The number of carbonyl (C=O) groups is 1. The molecule has 8 heteroatoms. The molecule has 32 heavy (non-hydrogen) atoms. The van der Waals surface area contributed by atoms with Crippen LogP contribution >= 0.6 is 11.6 Å². The third-order valence-corrected chi connectivity index (χ3v) is 5.19. The first-order chi connectivity index (χ1) is 15.4. The predicted octanol–water partition coefficient (Wildman–Crippen LogP) is 5.48. The Balaban J connectivity index is 1.61. The maximum Gasteiger partial charge on any atom is 0.363 e. The van der Waals surface area contributed by atoms with Gasteiger partial charge < -0.3 is 9.47 Å². The van der Waals surface area contributed by atoms with E-state index in [1.807, 2.05) is 43.3 Å². The number of benzene rings is 3. The minimum atomic E-state index is -0.661. The first-order valence-corrected chi connectivity index (χ1v) is 10.0. The smallest absolute Gasteiger partial charge is 0.363 e. The van der Waals surface area contributed by atoms with Crippen molar-refractivity contribution in [3.63, 3.8) is 0 Å². The van der Waals surface area contributed by atoms with Crippen molar-refractivity contribution in [1.29, 1.82) is 0 Å². The molecule has 0 atom stereocenters. The van der Waals surface area contributed by atoms with Gasteiger partial charge in [0.05, 0.1) is 4.92 Å². The number of aliphatic imine (C=N–C) groups is 1. The van der Waals surface area contributed by atoms with Gasteiger partial charge in [0.15, 0.2) is 5.70 Å². The number of carbonyl (C=O) groups excluding carboxylic acids is 1. The number of para-hydroxylation sites is 1. The van der Waals surface area contributed by atoms with Crippen LogP contribution in [0.15, 0.2) is 77.4 Å². The van der Waals surface area contributed by atoms with E-state index in [4.69, 9.17) is 21.1 Å². The number of nitrogens with zero attached hydrogens (tertiary/aromatic N) is 2. The number of esters is 1. The highest BCUT2D eigenvalue weighted by Crippen LogP contribution is 2.29. The number of ether oxygens (including phenoxy) is 2. The average Bonchev–Trinajstić information content (AvgIpc) is 3.14. The van der Waals surface area contributed by atoms with Crippen LogP contribution in [0.2, 0.25) is 5.02 Å². The summed E-state index contributed by atoms with van der Waals surface area (Å²) in [6.07, 6.45) is 1.56. The molecule has 0 bridgehead atoms. The van der Waals surface area contributed by atoms with Gasteiger partial charge in [0.2, 0.25) is 5.90 Å². The fraction of sp³-hybridized carbons (Fsp3) is 0.0833. The number of nitro benzene ring substituents is 1. The predicted molar refractivity (Wildman–Crippen MR) is 121 cm³/mol. The van der Waals surface area contributed by atoms with E-state index in [2.05, 4.69) is 4.99 Å². The zero-order valence-electron chi connectivity index (χ0n) is 16.9. The second-order valence-electron chi connectivity index (χ2n) is 7.01. The van der Waals surface area contributed by atoms with E-state index in [0.29, 0.717) is 17.9 Å². The largest absolute Gasteiger partial charge is 0.488 e. The quantitative estimate of drug-likeness (QED) is 0.215. The van der Waals surface area contributed by atoms with Gasteiger partial charge in [-0.05, 0) is 42.3 Å². The van der Waals surface area contributed by atoms with E-state index in [9.17, 15) is 14.9 Å². The van der Waals surface area contributed by atoms with E-state index >= 15 is 0 Å². The molecule has 7 nitrogen and oxygen atoms in total. The molecular formula is C24H17ClN2O5. The van der Waals surface area contributed by atoms with Gasteiger partial charge >= 0.3 is 5.97 Å². The molecule has 0 spiro atoms. The summed E-state index contributed by atoms with van der Waals surface area (Å²) in [5.74, 6) is -0.104. The SMILES string of the molecule is Cc1ccccc1COc1ccccc1/C=C1\N=C(c2ccc(Cl)c([N+](=O)[O-])c2)OC1=O. The van der Waals surface area contributed by atoms with E-state index in [-0.39, 0.29) is 27.9 Å². The van der Waals surface area contributed by atoms with Crippen molar-refractivity contribution in [2.24, 2.45) is 4.99 Å². The molecule has 0 saturated carbocycles. The van der Waals surface area contributed by atoms with Crippen LogP contribution in [0.4, 0.5) is 5.69 Å². The van der Waals surface area contributed by atoms with Crippen molar-refractivity contribution in [2.75, 3.05) is 0 Å². The zero-order valence-corrected chi connectivity index (χ0v) is 17.7. The van der Waals surface area contributed by atoms with Gasteiger partial charge in [-0.25, -0.2) is 9.79 Å². The van der Waals surface area contributed by atoms with Crippen LogP contribution in [-0.4, -0.2) is 16.8 Å². The number of cyclic esters (lactones) is 1. The lowest BCUT2D eigenvalue weighted by atomic mass is 10.1. The lowest BCUT2D eigenvalue weighted by Crippen LogP contribution is -2.06. The highest BCUT2D eigenvalue weighted by Gasteiger charge is 2.26. The average molecular weight is 449 g/mol. The Morgan fingerprint density at radius 2 is 1.88 bits per heavy atom. The summed E-state index contributed by atoms with van der Waals surface area (Å²) in [6, 6.07) is 19.3. The van der Waals surface area contributed by atoms with Crippen molar-refractivity contribution < 1.29 is 19.2 Å². The van der Waals surface area contributed by atoms with Gasteiger partial charge in [0.1, 0.15) is 17.4 Å². The number of hydrogen-bond acceptors (Lipinski definition) is 6. The van der Waals surface area contributed by atoms with Crippen LogP contribution in [0.1, 0.15) is 22.3 Å². The minimum Gasteiger partial charge on any atom is -0.488 e. The van der Waals surface area contributed by atoms with Crippen LogP contribution in [-0.2, 0) is 16.1 Å². The van der Waals surface area contributed by atoms with Crippen molar-refractivity contribution in [1.82, 2.24) is 0 Å². The molecule has 4 rings (SSSR count). The molecule has 3 aromatic carbocycles. The van der Waals surface area contributed by atoms with E-state index in [1.54, 1.807) is 18.2 Å². The van der Waals surface area contributed by atoms with Crippen LogP contribution < -0.4 is 4.74 Å². The second-order valence-corrected chi connectivity index (χ2v) is 7.42. The number of halogens is 1. The summed E-state index contributed by atoms with van der Waals surface area (Å²) >= 11 is 5.85. The van der Waals surface area contributed by atoms with Gasteiger partial charge in [0, 0.05) is 17.2 Å². The summed E-state index contributed by atoms with van der Waals surface area (Å²) < 4.78 is 11.2. The second kappa shape index (κ2) is 9.03. The Bertz CT molecular complexity index is 1280. The molecule has 0 aromatic heterocycles. The molecule has 0 amide bonds. The standard InChI is InChI=1S/C24H17ClN2O5/c1-15-6-2-3-8-18(15)14-31-22-9-5-4-7-16(22)12-20-24(28)32-23(26-20)17-10-11-19(25)21(13-17)27(29)30/h2-13H,14H2,1H3/b20-12-. The number of rotatable bonds is 6. The summed E-state index contributed by atoms with van der Waals surface area (Å²) in [4.78, 5) is 27.1. The van der Waals surface area contributed by atoms with Crippen LogP contribution in [0.25, 0.3) is 6.08 Å². The topological polar surface area (TPSA) is 91.0 Å². The molecule has 0 saturated heterocycles. The maximum absolute atomic E-state index is 12.4. The first kappa shape index (κ1) is 21.3. The van der Waals surface area contributed by atoms with Crippen molar-refractivity contribution in [3.8, 4) is 5.75 Å². The Morgan fingerprint density at radius 3 is 2.66 bits per heavy atom. The molecule has 0 aliphatic carbocycles. The lowest BCUT2D eigenvalue weighted by molar-refractivity contribution is -0.384. The monoisotopic (exact) mass is 448 g/mol. The Labute approximate surface area is 188 Å². The molecule has 0 radical (unpaired) electrons. The van der Waals surface area contributed by atoms with Gasteiger partial charge in [-0.15, -0.1) is 0 Å². The van der Waals surface area contributed by atoms with Gasteiger partial charge in [-0.2, -0.15) is 0 Å². The Morgan fingerprint density at radius 1 is 1.12 bits per heavy atom. The number of nitro groups is 1. The molecule has 1 heterocycles. The van der Waals surface area contributed by atoms with E-state index < -0.39 is 10.9 Å². The molecule has 1 aliphatic heterocycles. The zero-order chi connectivity index (χ0) is 22.7. The van der Waals surface area contributed by atoms with Gasteiger partial charge in [0.25, 0.3) is 5.69 Å². The summed E-state index contributed by atoms with van der Waals surface area (Å²) in [6.45, 7) is 2.39. The minimum absolute atomic E-state index is 0.0147. The Hall–Kier alpha value is -3.97. The molecule has 0 fully saturated rings. The van der Waals surface area contributed by atoms with Crippen LogP contribution in [0.3, 0.4) is 0 Å². The Kier molecular flexibility index (Phi) is 6.00. The van der Waals surface area contributed by atoms with Gasteiger partial charge in [-0.1, -0.05) is 54.1 Å². The van der Waals surface area contributed by atoms with Crippen LogP contribution in [0.5, 0.6) is 5.75 Å². The molecule has 160 valence electrons. The van der Waals surface area contributed by atoms with Crippen molar-refractivity contribution in [2.45, 2.75) is 13.5 Å². The molecule has 0 N–H and O–H groups in total. The van der Waals surface area contributed by atoms with Crippen molar-refractivity contribution in [3.05, 3.63) is 110 Å². The highest BCUT2D eigenvalue weighted by atomic mass is 35.5. The number of aryl methyl sites for hydroxylation is 1. The molecular weight excluding hydrogens is 432 g/mol. The third kappa shape index (κ3) is 4.53. The molecule has 0 unspecified atom stereocenters. The highest BCUT2D eigenvalue weighted by molar-refractivity contribution is 6.32. The van der Waals surface area contributed by atoms with Gasteiger partial charge in [-0.3, -0.25) is 10.1 Å². The molecule has 3 aromatic rings. The summed E-state index contributed by atoms with van der Waals surface area (Å²) in [5.41, 5.74) is 2.87. The summed E-state index contributed by atoms with van der Waals surface area (Å²) in [5, 5.41) is 11.1. The maximum atomic E-state index is 12.4. The summed E-state index contributed by atoms with van der Waals surface area (Å²) in [7, 11) is 0. The van der Waals surface area contributed by atoms with E-state index in [1.165, 1.54) is 18.2 Å².